The topological polar surface area (TPSA) is 92.8 Å². The molecule has 0 radical (unpaired) electrons. The molecule has 1 aliphatic rings. The zero-order valence-corrected chi connectivity index (χ0v) is 18.7. The summed E-state index contributed by atoms with van der Waals surface area (Å²) in [4.78, 5) is 24.8. The molecular weight excluding hydrogens is 416 g/mol. The number of ether oxygens (including phenoxy) is 1. The second kappa shape index (κ2) is 10.1. The minimum absolute atomic E-state index is 0.145. The van der Waals surface area contributed by atoms with Gasteiger partial charge in [0.1, 0.15) is 0 Å². The molecule has 2 aromatic carbocycles. The van der Waals surface area contributed by atoms with E-state index >= 15 is 0 Å². The van der Waals surface area contributed by atoms with Crippen LogP contribution in [0, 0.1) is 0 Å². The van der Waals surface area contributed by atoms with Crippen molar-refractivity contribution in [3.8, 4) is 0 Å². The number of anilines is 1. The van der Waals surface area contributed by atoms with Gasteiger partial charge in [0.2, 0.25) is 10.0 Å². The number of carbonyl (C=O) groups is 2. The van der Waals surface area contributed by atoms with Gasteiger partial charge in [0.15, 0.2) is 6.61 Å². The summed E-state index contributed by atoms with van der Waals surface area (Å²) in [7, 11) is -3.54. The number of sulfonamides is 1. The molecule has 166 valence electrons. The first kappa shape index (κ1) is 23.0. The molecule has 1 aliphatic heterocycles. The molecule has 7 nitrogen and oxygen atoms in total. The monoisotopic (exact) mass is 444 g/mol. The molecule has 0 atom stereocenters. The molecule has 1 heterocycles. The van der Waals surface area contributed by atoms with Crippen LogP contribution in [0.2, 0.25) is 0 Å². The molecule has 8 heteroatoms. The predicted molar refractivity (Wildman–Crippen MR) is 119 cm³/mol. The van der Waals surface area contributed by atoms with Crippen molar-refractivity contribution in [1.29, 1.82) is 0 Å². The van der Waals surface area contributed by atoms with E-state index in [1.54, 1.807) is 0 Å². The summed E-state index contributed by atoms with van der Waals surface area (Å²) in [6.07, 6.45) is 3.26. The predicted octanol–water partition coefficient (Wildman–Crippen LogP) is 3.39. The fourth-order valence-corrected chi connectivity index (χ4v) is 5.15. The molecule has 0 unspecified atom stereocenters. The lowest BCUT2D eigenvalue weighted by molar-refractivity contribution is -0.119. The van der Waals surface area contributed by atoms with Gasteiger partial charge >= 0.3 is 5.97 Å². The summed E-state index contributed by atoms with van der Waals surface area (Å²) in [5, 5.41) is 2.85. The maximum atomic E-state index is 12.6. The second-order valence-corrected chi connectivity index (χ2v) is 9.36. The molecule has 1 N–H and O–H groups in total. The van der Waals surface area contributed by atoms with Crippen LogP contribution in [-0.2, 0) is 32.4 Å². The lowest BCUT2D eigenvalue weighted by atomic mass is 10.0. The Labute approximate surface area is 183 Å². The summed E-state index contributed by atoms with van der Waals surface area (Å²) < 4.78 is 31.7. The Morgan fingerprint density at radius 3 is 2.10 bits per heavy atom. The normalized spacial score (nSPS) is 14.4. The fourth-order valence-electron chi connectivity index (χ4n) is 3.63. The fraction of sp³-hybridized carbons (Fsp3) is 0.391. The Hall–Kier alpha value is -2.71. The van der Waals surface area contributed by atoms with Gasteiger partial charge in [0.25, 0.3) is 5.91 Å². The van der Waals surface area contributed by atoms with Crippen LogP contribution >= 0.6 is 0 Å². The van der Waals surface area contributed by atoms with Crippen molar-refractivity contribution >= 4 is 27.6 Å². The van der Waals surface area contributed by atoms with Gasteiger partial charge in [-0.15, -0.1) is 0 Å². The smallest absolute Gasteiger partial charge is 0.338 e. The van der Waals surface area contributed by atoms with E-state index in [9.17, 15) is 18.0 Å². The zero-order valence-electron chi connectivity index (χ0n) is 17.9. The molecule has 0 aromatic heterocycles. The van der Waals surface area contributed by atoms with Gasteiger partial charge in [0, 0.05) is 18.8 Å². The van der Waals surface area contributed by atoms with Crippen molar-refractivity contribution in [1.82, 2.24) is 4.31 Å². The largest absolute Gasteiger partial charge is 0.452 e. The number of amides is 1. The molecule has 31 heavy (non-hydrogen) atoms. The van der Waals surface area contributed by atoms with Crippen LogP contribution < -0.4 is 5.32 Å². The van der Waals surface area contributed by atoms with Gasteiger partial charge in [-0.05, 0) is 61.1 Å². The molecule has 1 amide bonds. The van der Waals surface area contributed by atoms with E-state index in [1.807, 2.05) is 32.0 Å². The van der Waals surface area contributed by atoms with Crippen molar-refractivity contribution in [3.63, 3.8) is 0 Å². The summed E-state index contributed by atoms with van der Waals surface area (Å²) in [6, 6.07) is 11.5. The first-order valence-corrected chi connectivity index (χ1v) is 12.0. The molecule has 0 spiro atoms. The van der Waals surface area contributed by atoms with E-state index < -0.39 is 28.5 Å². The maximum absolute atomic E-state index is 12.6. The van der Waals surface area contributed by atoms with Crippen molar-refractivity contribution in [2.24, 2.45) is 0 Å². The first-order valence-electron chi connectivity index (χ1n) is 10.5. The highest BCUT2D eigenvalue weighted by molar-refractivity contribution is 7.89. The van der Waals surface area contributed by atoms with Crippen LogP contribution in [0.4, 0.5) is 5.69 Å². The van der Waals surface area contributed by atoms with Crippen LogP contribution in [0.1, 0.15) is 48.2 Å². The van der Waals surface area contributed by atoms with Gasteiger partial charge in [-0.1, -0.05) is 32.0 Å². The number of carbonyl (C=O) groups excluding carboxylic acids is 2. The number of hydrogen-bond donors (Lipinski definition) is 1. The number of aryl methyl sites for hydroxylation is 2. The number of benzene rings is 2. The Kier molecular flexibility index (Phi) is 7.46. The maximum Gasteiger partial charge on any atom is 0.338 e. The van der Waals surface area contributed by atoms with Crippen LogP contribution in [0.15, 0.2) is 47.4 Å². The standard InChI is InChI=1S/C23H28N2O5S/c1-3-17-8-7-9-18(4-2)22(17)24-21(26)16-30-23(27)19-10-12-20(13-11-19)31(28,29)25-14-5-6-15-25/h7-13H,3-6,14-16H2,1-2H3,(H,24,26). The van der Waals surface area contributed by atoms with E-state index in [0.717, 1.165) is 42.5 Å². The van der Waals surface area contributed by atoms with Crippen LogP contribution in [-0.4, -0.2) is 44.3 Å². The number of hydrogen-bond acceptors (Lipinski definition) is 5. The number of esters is 1. The Morgan fingerprint density at radius 2 is 1.55 bits per heavy atom. The lowest BCUT2D eigenvalue weighted by Gasteiger charge is -2.15. The van der Waals surface area contributed by atoms with Crippen molar-refractivity contribution in [2.45, 2.75) is 44.4 Å². The minimum Gasteiger partial charge on any atom is -0.452 e. The summed E-state index contributed by atoms with van der Waals surface area (Å²) in [5.74, 6) is -1.10. The number of para-hydroxylation sites is 1. The third kappa shape index (κ3) is 5.32. The van der Waals surface area contributed by atoms with E-state index in [0.29, 0.717) is 13.1 Å². The Bertz CT molecular complexity index is 1020. The first-order chi connectivity index (χ1) is 14.9. The lowest BCUT2D eigenvalue weighted by Crippen LogP contribution is -2.27. The third-order valence-electron chi connectivity index (χ3n) is 5.39. The Morgan fingerprint density at radius 1 is 0.968 bits per heavy atom. The Balaban J connectivity index is 1.60. The van der Waals surface area contributed by atoms with Crippen LogP contribution in [0.25, 0.3) is 0 Å². The molecule has 3 rings (SSSR count). The van der Waals surface area contributed by atoms with E-state index in [-0.39, 0.29) is 10.5 Å². The highest BCUT2D eigenvalue weighted by Gasteiger charge is 2.27. The number of nitrogens with one attached hydrogen (secondary N) is 1. The molecule has 1 fully saturated rings. The molecular formula is C23H28N2O5S. The highest BCUT2D eigenvalue weighted by Crippen LogP contribution is 2.23. The van der Waals surface area contributed by atoms with Crippen LogP contribution in [0.5, 0.6) is 0 Å². The summed E-state index contributed by atoms with van der Waals surface area (Å²) in [6.45, 7) is 4.63. The summed E-state index contributed by atoms with van der Waals surface area (Å²) in [5.41, 5.74) is 3.00. The van der Waals surface area contributed by atoms with Crippen molar-refractivity contribution in [2.75, 3.05) is 25.0 Å². The van der Waals surface area contributed by atoms with Gasteiger partial charge in [-0.3, -0.25) is 4.79 Å². The average molecular weight is 445 g/mol. The van der Waals surface area contributed by atoms with E-state index in [2.05, 4.69) is 5.32 Å². The van der Waals surface area contributed by atoms with E-state index in [4.69, 9.17) is 4.74 Å². The van der Waals surface area contributed by atoms with Crippen molar-refractivity contribution < 1.29 is 22.7 Å². The third-order valence-corrected chi connectivity index (χ3v) is 7.30. The molecule has 0 aliphatic carbocycles. The summed E-state index contributed by atoms with van der Waals surface area (Å²) >= 11 is 0. The van der Waals surface area contributed by atoms with Gasteiger partial charge in [-0.25, -0.2) is 13.2 Å². The minimum atomic E-state index is -3.54. The second-order valence-electron chi connectivity index (χ2n) is 7.42. The quantitative estimate of drug-likeness (QED) is 0.630. The van der Waals surface area contributed by atoms with E-state index in [1.165, 1.54) is 28.6 Å². The van der Waals surface area contributed by atoms with Gasteiger partial charge < -0.3 is 10.1 Å². The average Bonchev–Trinajstić information content (AvgIpc) is 3.33. The SMILES string of the molecule is CCc1cccc(CC)c1NC(=O)COC(=O)c1ccc(S(=O)(=O)N2CCCC2)cc1. The number of nitrogens with zero attached hydrogens (tertiary/aromatic N) is 1. The van der Waals surface area contributed by atoms with Gasteiger partial charge in [0.05, 0.1) is 10.5 Å². The molecule has 0 bridgehead atoms. The van der Waals surface area contributed by atoms with Crippen molar-refractivity contribution in [3.05, 3.63) is 59.2 Å². The van der Waals surface area contributed by atoms with Crippen LogP contribution in [0.3, 0.4) is 0 Å². The molecule has 1 saturated heterocycles. The van der Waals surface area contributed by atoms with Gasteiger partial charge in [-0.2, -0.15) is 4.31 Å². The molecule has 0 saturated carbocycles. The molecule has 2 aromatic rings. The highest BCUT2D eigenvalue weighted by atomic mass is 32.2. The zero-order chi connectivity index (χ0) is 22.4. The number of rotatable bonds is 8.